The van der Waals surface area contributed by atoms with E-state index in [-0.39, 0.29) is 68.5 Å². The molecule has 1 N–H and O–H groups in total. The summed E-state index contributed by atoms with van der Waals surface area (Å²) in [5.41, 5.74) is -0.0954. The Balaban J connectivity index is 0.00000180. The molecule has 2 rings (SSSR count). The quantitative estimate of drug-likeness (QED) is 0.828. The van der Waals surface area contributed by atoms with Crippen LogP contribution in [0.4, 0.5) is 8.78 Å². The molecule has 1 aliphatic rings. The topological polar surface area (TPSA) is 70.5 Å². The Kier molecular flexibility index (Phi) is 5.61. The predicted octanol–water partition coefficient (Wildman–Crippen LogP) is 1.06. The van der Waals surface area contributed by atoms with Crippen LogP contribution in [0.25, 0.3) is 0 Å². The minimum absolute atomic E-state index is 0. The maximum absolute atomic E-state index is 13.1. The number of alkyl halides is 2. The van der Waals surface area contributed by atoms with Crippen molar-refractivity contribution >= 4 is 74.6 Å². The Bertz CT molecular complexity index is 509. The SMILES string of the molecule is CC1CC(F)(F)CN1C(=O)c1csc(C(=O)O)n1.[KH]. The number of hydrogen-bond acceptors (Lipinski definition) is 4. The van der Waals surface area contributed by atoms with Crippen molar-refractivity contribution in [1.82, 2.24) is 9.88 Å². The van der Waals surface area contributed by atoms with Gasteiger partial charge in [0.1, 0.15) is 5.69 Å². The zero-order valence-corrected chi connectivity index (χ0v) is 10.2. The third kappa shape index (κ3) is 3.79. The Morgan fingerprint density at radius 2 is 2.21 bits per heavy atom. The Labute approximate surface area is 154 Å². The summed E-state index contributed by atoms with van der Waals surface area (Å²) in [6.45, 7) is 0.885. The molecule has 2 heterocycles. The third-order valence-electron chi connectivity index (χ3n) is 2.69. The van der Waals surface area contributed by atoms with E-state index in [4.69, 9.17) is 5.11 Å². The molecule has 5 nitrogen and oxygen atoms in total. The van der Waals surface area contributed by atoms with Crippen molar-refractivity contribution in [2.45, 2.75) is 25.3 Å². The van der Waals surface area contributed by atoms with E-state index >= 15 is 0 Å². The second kappa shape index (κ2) is 6.23. The summed E-state index contributed by atoms with van der Waals surface area (Å²) in [4.78, 5) is 27.2. The molecule has 1 fully saturated rings. The molecule has 1 aliphatic heterocycles. The number of carboxylic acids is 1. The summed E-state index contributed by atoms with van der Waals surface area (Å²) in [6.07, 6.45) is -0.380. The molecule has 1 unspecified atom stereocenters. The van der Waals surface area contributed by atoms with Gasteiger partial charge in [-0.2, -0.15) is 0 Å². The number of nitrogens with zero attached hydrogens (tertiary/aromatic N) is 2. The third-order valence-corrected chi connectivity index (χ3v) is 3.53. The summed E-state index contributed by atoms with van der Waals surface area (Å²) < 4.78 is 26.3. The first-order chi connectivity index (χ1) is 8.30. The fraction of sp³-hybridized carbons (Fsp3) is 0.500. The van der Waals surface area contributed by atoms with E-state index in [2.05, 4.69) is 4.98 Å². The van der Waals surface area contributed by atoms with Crippen LogP contribution in [0.15, 0.2) is 5.38 Å². The number of carbonyl (C=O) groups excluding carboxylic acids is 1. The van der Waals surface area contributed by atoms with Crippen molar-refractivity contribution in [3.63, 3.8) is 0 Å². The van der Waals surface area contributed by atoms with Gasteiger partial charge in [0.15, 0.2) is 0 Å². The second-order valence-corrected chi connectivity index (χ2v) is 5.04. The van der Waals surface area contributed by atoms with Crippen molar-refractivity contribution in [3.8, 4) is 0 Å². The van der Waals surface area contributed by atoms with Crippen LogP contribution in [0, 0.1) is 0 Å². The summed E-state index contributed by atoms with van der Waals surface area (Å²) in [5, 5.41) is 9.73. The number of likely N-dealkylation sites (tertiary alicyclic amines) is 1. The van der Waals surface area contributed by atoms with Gasteiger partial charge in [-0.1, -0.05) is 0 Å². The second-order valence-electron chi connectivity index (χ2n) is 4.19. The molecule has 100 valence electrons. The first kappa shape index (κ1) is 17.1. The molecule has 0 bridgehead atoms. The normalized spacial score (nSPS) is 21.0. The number of hydrogen-bond donors (Lipinski definition) is 1. The fourth-order valence-corrected chi connectivity index (χ4v) is 2.53. The molecule has 19 heavy (non-hydrogen) atoms. The summed E-state index contributed by atoms with van der Waals surface area (Å²) in [7, 11) is 0. The number of rotatable bonds is 2. The van der Waals surface area contributed by atoms with E-state index in [9.17, 15) is 18.4 Å². The molecule has 9 heteroatoms. The number of carboxylic acid groups (broad SMARTS) is 1. The van der Waals surface area contributed by atoms with Gasteiger partial charge in [0.05, 0.1) is 6.54 Å². The van der Waals surface area contributed by atoms with Gasteiger partial charge in [0, 0.05) is 17.8 Å². The predicted molar refractivity (Wildman–Crippen MR) is 66.3 cm³/mol. The molecule has 1 atom stereocenters. The van der Waals surface area contributed by atoms with Crippen LogP contribution in [0.1, 0.15) is 33.6 Å². The number of thiazole rings is 1. The van der Waals surface area contributed by atoms with E-state index in [0.29, 0.717) is 0 Å². The van der Waals surface area contributed by atoms with Crippen LogP contribution in [-0.2, 0) is 0 Å². The maximum atomic E-state index is 13.1. The van der Waals surface area contributed by atoms with Crippen molar-refractivity contribution in [2.75, 3.05) is 6.54 Å². The molecular formula is C10H11F2KN2O3S. The standard InChI is InChI=1S/C10H10F2N2O3S.K.H/c1-5-2-10(11,12)4-14(5)8(15)6-3-18-7(13-6)9(16)17;;/h3,5H,2,4H2,1H3,(H,16,17);;. The van der Waals surface area contributed by atoms with Crippen LogP contribution in [-0.4, -0.2) is 96.8 Å². The van der Waals surface area contributed by atoms with Gasteiger partial charge in [0.25, 0.3) is 11.8 Å². The fourth-order valence-electron chi connectivity index (χ4n) is 1.90. The first-order valence-electron chi connectivity index (χ1n) is 5.18. The number of aromatic nitrogens is 1. The van der Waals surface area contributed by atoms with Crippen molar-refractivity contribution < 1.29 is 23.5 Å². The van der Waals surface area contributed by atoms with Crippen LogP contribution in [0.3, 0.4) is 0 Å². The van der Waals surface area contributed by atoms with Gasteiger partial charge in [-0.3, -0.25) is 4.79 Å². The molecule has 0 aromatic carbocycles. The first-order valence-corrected chi connectivity index (χ1v) is 6.06. The van der Waals surface area contributed by atoms with E-state index in [1.54, 1.807) is 0 Å². The van der Waals surface area contributed by atoms with Crippen molar-refractivity contribution in [2.24, 2.45) is 0 Å². The van der Waals surface area contributed by atoms with Gasteiger partial charge in [-0.25, -0.2) is 18.6 Å². The van der Waals surface area contributed by atoms with Crippen LogP contribution >= 0.6 is 11.3 Å². The van der Waals surface area contributed by atoms with E-state index in [0.717, 1.165) is 16.2 Å². The van der Waals surface area contributed by atoms with Gasteiger partial charge in [-0.15, -0.1) is 11.3 Å². The number of aromatic carboxylic acids is 1. The number of carbonyl (C=O) groups is 2. The van der Waals surface area contributed by atoms with Gasteiger partial charge in [0.2, 0.25) is 5.01 Å². The molecule has 0 radical (unpaired) electrons. The summed E-state index contributed by atoms with van der Waals surface area (Å²) >= 11 is 0.800. The Morgan fingerprint density at radius 1 is 1.58 bits per heavy atom. The summed E-state index contributed by atoms with van der Waals surface area (Å²) in [6, 6.07) is -0.581. The Hall–Kier alpha value is 0.0664. The molecular weight excluding hydrogens is 305 g/mol. The molecule has 0 spiro atoms. The van der Waals surface area contributed by atoms with Crippen LogP contribution in [0.2, 0.25) is 0 Å². The zero-order valence-electron chi connectivity index (χ0n) is 9.39. The summed E-state index contributed by atoms with van der Waals surface area (Å²) in [5.74, 6) is -4.77. The van der Waals surface area contributed by atoms with E-state index < -0.39 is 30.4 Å². The van der Waals surface area contributed by atoms with Gasteiger partial charge < -0.3 is 10.0 Å². The number of amides is 1. The molecule has 1 aromatic rings. The van der Waals surface area contributed by atoms with Crippen molar-refractivity contribution in [3.05, 3.63) is 16.1 Å². The van der Waals surface area contributed by atoms with Gasteiger partial charge in [-0.05, 0) is 6.92 Å². The molecule has 1 aromatic heterocycles. The van der Waals surface area contributed by atoms with E-state index in [1.807, 2.05) is 0 Å². The van der Waals surface area contributed by atoms with Crippen LogP contribution < -0.4 is 0 Å². The monoisotopic (exact) mass is 316 g/mol. The van der Waals surface area contributed by atoms with E-state index in [1.165, 1.54) is 12.3 Å². The van der Waals surface area contributed by atoms with Crippen LogP contribution in [0.5, 0.6) is 0 Å². The average molecular weight is 316 g/mol. The number of halogens is 2. The molecule has 0 saturated carbocycles. The molecule has 1 saturated heterocycles. The van der Waals surface area contributed by atoms with Crippen molar-refractivity contribution in [1.29, 1.82) is 0 Å². The van der Waals surface area contributed by atoms with Gasteiger partial charge >= 0.3 is 57.4 Å². The molecule has 1 amide bonds. The zero-order chi connectivity index (χ0) is 13.5. The minimum atomic E-state index is -2.89. The Morgan fingerprint density at radius 3 is 2.63 bits per heavy atom. The average Bonchev–Trinajstić information content (AvgIpc) is 2.81. The molecule has 0 aliphatic carbocycles.